The van der Waals surface area contributed by atoms with Crippen LogP contribution >= 0.6 is 0 Å². The van der Waals surface area contributed by atoms with Crippen molar-refractivity contribution in [2.24, 2.45) is 0 Å². The molecule has 0 aliphatic carbocycles. The average Bonchev–Trinajstić information content (AvgIpc) is 4.03. The molecule has 0 unspecified atom stereocenters. The van der Waals surface area contributed by atoms with Crippen LogP contribution < -0.4 is 9.80 Å². The minimum atomic E-state index is 0.823. The van der Waals surface area contributed by atoms with Crippen LogP contribution in [0.3, 0.4) is 0 Å². The van der Waals surface area contributed by atoms with Crippen LogP contribution in [-0.4, -0.2) is 0 Å². The van der Waals surface area contributed by atoms with Gasteiger partial charge in [0.2, 0.25) is 0 Å². The van der Waals surface area contributed by atoms with E-state index in [0.29, 0.717) is 0 Å². The van der Waals surface area contributed by atoms with E-state index >= 15 is 0 Å². The van der Waals surface area contributed by atoms with E-state index in [1.807, 2.05) is 18.2 Å². The fraction of sp³-hybridized carbons (Fsp3) is 0. The molecule has 12 aromatic carbocycles. The van der Waals surface area contributed by atoms with Crippen LogP contribution in [0.5, 0.6) is 0 Å². The summed E-state index contributed by atoms with van der Waals surface area (Å²) in [6.07, 6.45) is 0. The molecule has 0 radical (unpaired) electrons. The lowest BCUT2D eigenvalue weighted by molar-refractivity contribution is 0.668. The van der Waals surface area contributed by atoms with E-state index in [2.05, 4.69) is 259 Å². The van der Waals surface area contributed by atoms with Gasteiger partial charge in [0.1, 0.15) is 22.3 Å². The summed E-state index contributed by atoms with van der Waals surface area (Å²) in [5.74, 6) is 0. The Morgan fingerprint density at radius 1 is 0.236 bits per heavy atom. The Bertz CT molecular complexity index is 4240. The molecule has 72 heavy (non-hydrogen) atoms. The van der Waals surface area contributed by atoms with Gasteiger partial charge in [0, 0.05) is 44.6 Å². The van der Waals surface area contributed by atoms with Crippen molar-refractivity contribution >= 4 is 99.5 Å². The van der Waals surface area contributed by atoms with Crippen molar-refractivity contribution in [3.05, 3.63) is 267 Å². The van der Waals surface area contributed by atoms with E-state index < -0.39 is 0 Å². The monoisotopic (exact) mass is 920 g/mol. The molecule has 0 aliphatic rings. The summed E-state index contributed by atoms with van der Waals surface area (Å²) in [5.41, 5.74) is 16.3. The van der Waals surface area contributed by atoms with Crippen molar-refractivity contribution in [3.8, 4) is 33.4 Å². The molecule has 0 aliphatic heterocycles. The molecule has 2 heterocycles. The van der Waals surface area contributed by atoms with Gasteiger partial charge >= 0.3 is 0 Å². The highest BCUT2D eigenvalue weighted by Gasteiger charge is 2.24. The lowest BCUT2D eigenvalue weighted by atomic mass is 9.92. The zero-order chi connectivity index (χ0) is 47.5. The van der Waals surface area contributed by atoms with E-state index in [-0.39, 0.29) is 0 Å². The number of hydrogen-bond acceptors (Lipinski definition) is 4. The molecule has 2 aromatic heterocycles. The Hall–Kier alpha value is -9.64. The molecule has 0 atom stereocenters. The maximum atomic E-state index is 6.62. The first-order valence-electron chi connectivity index (χ1n) is 24.5. The highest BCUT2D eigenvalue weighted by Crippen LogP contribution is 2.49. The van der Waals surface area contributed by atoms with Crippen molar-refractivity contribution in [2.75, 3.05) is 9.80 Å². The van der Waals surface area contributed by atoms with Gasteiger partial charge in [-0.05, 0) is 146 Å². The molecule has 0 bridgehead atoms. The van der Waals surface area contributed by atoms with Gasteiger partial charge in [-0.1, -0.05) is 176 Å². The third-order valence-corrected chi connectivity index (χ3v) is 14.2. The third-order valence-electron chi connectivity index (χ3n) is 14.2. The second-order valence-electron chi connectivity index (χ2n) is 18.5. The van der Waals surface area contributed by atoms with E-state index in [1.165, 1.54) is 32.7 Å². The van der Waals surface area contributed by atoms with E-state index in [9.17, 15) is 0 Å². The molecular formula is C68H44N2O2. The summed E-state index contributed by atoms with van der Waals surface area (Å²) < 4.78 is 13.1. The maximum absolute atomic E-state index is 6.62. The maximum Gasteiger partial charge on any atom is 0.137 e. The predicted octanol–water partition coefficient (Wildman–Crippen LogP) is 19.7. The van der Waals surface area contributed by atoms with E-state index in [4.69, 9.17) is 8.83 Å². The van der Waals surface area contributed by atoms with Gasteiger partial charge in [-0.15, -0.1) is 0 Å². The quantitative estimate of drug-likeness (QED) is 0.135. The minimum absolute atomic E-state index is 0.823. The first kappa shape index (κ1) is 41.3. The van der Waals surface area contributed by atoms with Gasteiger partial charge < -0.3 is 18.6 Å². The van der Waals surface area contributed by atoms with Gasteiger partial charge in [-0.2, -0.15) is 0 Å². The summed E-state index contributed by atoms with van der Waals surface area (Å²) in [5, 5.41) is 9.03. The van der Waals surface area contributed by atoms with Crippen molar-refractivity contribution in [1.82, 2.24) is 0 Å². The topological polar surface area (TPSA) is 32.8 Å². The van der Waals surface area contributed by atoms with Gasteiger partial charge in [0.05, 0.1) is 11.1 Å². The van der Waals surface area contributed by atoms with Crippen LogP contribution in [0.15, 0.2) is 276 Å². The number of anilines is 6. The number of nitrogens with zero attached hydrogens (tertiary/aromatic N) is 2. The largest absolute Gasteiger partial charge is 0.456 e. The van der Waals surface area contributed by atoms with Crippen LogP contribution in [0.25, 0.3) is 98.8 Å². The molecule has 14 aromatic rings. The smallest absolute Gasteiger partial charge is 0.137 e. The highest BCUT2D eigenvalue weighted by molar-refractivity contribution is 6.16. The number of benzene rings is 12. The van der Waals surface area contributed by atoms with Crippen molar-refractivity contribution in [1.29, 1.82) is 0 Å². The number of furan rings is 2. The zero-order valence-corrected chi connectivity index (χ0v) is 39.1. The Balaban J connectivity index is 1.07. The van der Waals surface area contributed by atoms with Crippen molar-refractivity contribution < 1.29 is 8.83 Å². The van der Waals surface area contributed by atoms with Crippen LogP contribution in [0, 0.1) is 0 Å². The summed E-state index contributed by atoms with van der Waals surface area (Å²) in [6, 6.07) is 95.8. The molecular weight excluding hydrogens is 877 g/mol. The number of fused-ring (bicyclic) bond motifs is 9. The summed E-state index contributed by atoms with van der Waals surface area (Å²) in [4.78, 5) is 4.81. The third kappa shape index (κ3) is 7.08. The molecule has 4 heteroatoms. The predicted molar refractivity (Wildman–Crippen MR) is 302 cm³/mol. The number of para-hydroxylation sites is 2. The lowest BCUT2D eigenvalue weighted by Crippen LogP contribution is -2.14. The van der Waals surface area contributed by atoms with Crippen molar-refractivity contribution in [3.63, 3.8) is 0 Å². The average molecular weight is 921 g/mol. The Kier molecular flexibility index (Phi) is 9.82. The molecule has 0 saturated heterocycles. The summed E-state index contributed by atoms with van der Waals surface area (Å²) in [7, 11) is 0. The number of hydrogen-bond donors (Lipinski definition) is 0. The highest BCUT2D eigenvalue weighted by atomic mass is 16.3. The van der Waals surface area contributed by atoms with Crippen molar-refractivity contribution in [2.45, 2.75) is 0 Å². The lowest BCUT2D eigenvalue weighted by Gasteiger charge is -2.31. The first-order chi connectivity index (χ1) is 35.7. The molecule has 0 spiro atoms. The van der Waals surface area contributed by atoms with Gasteiger partial charge in [0.25, 0.3) is 0 Å². The second-order valence-corrected chi connectivity index (χ2v) is 18.5. The van der Waals surface area contributed by atoms with Gasteiger partial charge in [-0.25, -0.2) is 0 Å². The molecule has 0 fully saturated rings. The number of rotatable bonds is 9. The van der Waals surface area contributed by atoms with Gasteiger partial charge in [-0.3, -0.25) is 0 Å². The SMILES string of the molecule is c1ccc(-c2ccc(N(c3ccc(-c4ccccc4)cc3)c3cc(-c4cc5ccccc5c5ccccc45)cc(N(c4ccc5oc6ccccc6c5c4)c4cccc5oc6ccccc6c45)c3)cc2)cc1. The minimum Gasteiger partial charge on any atom is -0.456 e. The molecule has 0 N–H and O–H groups in total. The second kappa shape index (κ2) is 17.1. The molecule has 14 rings (SSSR count). The van der Waals surface area contributed by atoms with Crippen LogP contribution in [0.4, 0.5) is 34.1 Å². The summed E-state index contributed by atoms with van der Waals surface area (Å²) >= 11 is 0. The Morgan fingerprint density at radius 3 is 1.40 bits per heavy atom. The zero-order valence-electron chi connectivity index (χ0n) is 39.1. The fourth-order valence-electron chi connectivity index (χ4n) is 10.8. The van der Waals surface area contributed by atoms with Gasteiger partial charge in [0.15, 0.2) is 0 Å². The molecule has 338 valence electrons. The first-order valence-corrected chi connectivity index (χ1v) is 24.5. The molecule has 0 saturated carbocycles. The van der Waals surface area contributed by atoms with E-state index in [0.717, 1.165) is 100 Å². The molecule has 0 amide bonds. The van der Waals surface area contributed by atoms with Crippen LogP contribution in [0.1, 0.15) is 0 Å². The van der Waals surface area contributed by atoms with Crippen LogP contribution in [0.2, 0.25) is 0 Å². The Morgan fingerprint density at radius 2 is 0.722 bits per heavy atom. The molecule has 4 nitrogen and oxygen atoms in total. The van der Waals surface area contributed by atoms with Crippen LogP contribution in [-0.2, 0) is 0 Å². The van der Waals surface area contributed by atoms with E-state index in [1.54, 1.807) is 0 Å². The normalized spacial score (nSPS) is 11.6. The standard InChI is InChI=1S/C68H44N2O2/c1-3-16-45(17-4-1)47-30-34-51(35-31-47)69(52-36-32-48(33-37-52)46-18-5-2-6-19-46)54-40-50(61-42-49-20-7-8-21-56(49)57-22-9-10-23-58(57)61)41-55(43-54)70(53-38-39-66-62(44-53)59-24-11-13-27-64(59)71-66)63-26-15-29-67-68(63)60-25-12-14-28-65(60)72-67/h1-44H. The fourth-order valence-corrected chi connectivity index (χ4v) is 10.8. The summed E-state index contributed by atoms with van der Waals surface area (Å²) in [6.45, 7) is 0. The Labute approximate surface area is 416 Å².